The van der Waals surface area contributed by atoms with Crippen LogP contribution in [0.15, 0.2) is 24.3 Å². The van der Waals surface area contributed by atoms with Gasteiger partial charge in [-0.2, -0.15) is 11.8 Å². The number of carbonyl (C=O) groups excluding carboxylic acids is 2. The number of nitrogens with zero attached hydrogens (tertiary/aromatic N) is 1. The zero-order valence-electron chi connectivity index (χ0n) is 13.4. The monoisotopic (exact) mass is 334 g/mol. The largest absolute Gasteiger partial charge is 0.356 e. The van der Waals surface area contributed by atoms with Crippen molar-refractivity contribution in [2.75, 3.05) is 18.6 Å². The Kier molecular flexibility index (Phi) is 6.46. The van der Waals surface area contributed by atoms with Gasteiger partial charge >= 0.3 is 0 Å². The van der Waals surface area contributed by atoms with Crippen molar-refractivity contribution in [1.29, 1.82) is 0 Å². The molecule has 0 aliphatic rings. The second-order valence-corrected chi connectivity index (χ2v) is 6.26. The van der Waals surface area contributed by atoms with Gasteiger partial charge in [-0.25, -0.2) is 4.98 Å². The molecule has 0 unspecified atom stereocenters. The molecule has 0 fully saturated rings. The molecule has 1 atom stereocenters. The van der Waals surface area contributed by atoms with E-state index < -0.39 is 0 Å². The smallest absolute Gasteiger partial charge is 0.222 e. The Bertz CT molecular complexity index is 638. The Balaban J connectivity index is 2.03. The van der Waals surface area contributed by atoms with Crippen molar-refractivity contribution < 1.29 is 9.59 Å². The molecule has 3 N–H and O–H groups in total. The van der Waals surface area contributed by atoms with E-state index in [2.05, 4.69) is 20.6 Å². The van der Waals surface area contributed by atoms with Crippen LogP contribution >= 0.6 is 11.8 Å². The van der Waals surface area contributed by atoms with Gasteiger partial charge in [-0.3, -0.25) is 9.59 Å². The lowest BCUT2D eigenvalue weighted by Gasteiger charge is -2.16. The Morgan fingerprint density at radius 2 is 2.13 bits per heavy atom. The van der Waals surface area contributed by atoms with E-state index >= 15 is 0 Å². The highest BCUT2D eigenvalue weighted by molar-refractivity contribution is 7.98. The number of hydrogen-bond acceptors (Lipinski definition) is 4. The first-order valence-electron chi connectivity index (χ1n) is 7.57. The number of fused-ring (bicyclic) bond motifs is 1. The minimum Gasteiger partial charge on any atom is -0.356 e. The highest BCUT2D eigenvalue weighted by Gasteiger charge is 2.18. The number of rotatable bonds is 8. The van der Waals surface area contributed by atoms with Crippen LogP contribution in [0.3, 0.4) is 0 Å². The van der Waals surface area contributed by atoms with Crippen LogP contribution in [0.1, 0.15) is 31.6 Å². The molecule has 124 valence electrons. The van der Waals surface area contributed by atoms with Gasteiger partial charge in [-0.05, 0) is 30.6 Å². The predicted molar refractivity (Wildman–Crippen MR) is 93.3 cm³/mol. The second-order valence-electron chi connectivity index (χ2n) is 5.27. The average molecular weight is 334 g/mol. The van der Waals surface area contributed by atoms with Crippen molar-refractivity contribution in [3.8, 4) is 0 Å². The van der Waals surface area contributed by atoms with E-state index in [0.717, 1.165) is 29.0 Å². The molecular formula is C16H22N4O2S. The van der Waals surface area contributed by atoms with Crippen molar-refractivity contribution >= 4 is 34.6 Å². The van der Waals surface area contributed by atoms with Gasteiger partial charge < -0.3 is 15.6 Å². The minimum atomic E-state index is -0.153. The summed E-state index contributed by atoms with van der Waals surface area (Å²) in [6.07, 6.45) is 3.09. The fourth-order valence-corrected chi connectivity index (χ4v) is 2.74. The Hall–Kier alpha value is -2.02. The van der Waals surface area contributed by atoms with Gasteiger partial charge in [-0.1, -0.05) is 12.1 Å². The number of carbonyl (C=O) groups is 2. The standard InChI is InChI=1S/C16H22N4O2S/c1-11(21)17-9-7-15(22)18-14(8-10-23-2)16-19-12-5-3-4-6-13(12)20-16/h3-6,14H,7-10H2,1-2H3,(H,17,21)(H,18,22)(H,19,20)/t14-/m0/s1. The first kappa shape index (κ1) is 17.3. The number of amides is 2. The Labute approximate surface area is 139 Å². The number of para-hydroxylation sites is 2. The van der Waals surface area contributed by atoms with Gasteiger partial charge in [0.1, 0.15) is 5.82 Å². The van der Waals surface area contributed by atoms with Crippen LogP contribution in [0.5, 0.6) is 0 Å². The number of aromatic nitrogens is 2. The van der Waals surface area contributed by atoms with E-state index in [1.807, 2.05) is 30.5 Å². The van der Waals surface area contributed by atoms with Crippen LogP contribution in [0.25, 0.3) is 11.0 Å². The molecule has 0 aliphatic heterocycles. The molecule has 2 rings (SSSR count). The van der Waals surface area contributed by atoms with Crippen molar-refractivity contribution in [1.82, 2.24) is 20.6 Å². The summed E-state index contributed by atoms with van der Waals surface area (Å²) in [5, 5.41) is 5.63. The SMILES string of the molecule is CSCC[C@H](NC(=O)CCNC(C)=O)c1nc2ccccc2[nH]1. The molecule has 0 saturated carbocycles. The third kappa shape index (κ3) is 5.28. The third-order valence-corrected chi connectivity index (χ3v) is 4.05. The summed E-state index contributed by atoms with van der Waals surface area (Å²) >= 11 is 1.73. The summed E-state index contributed by atoms with van der Waals surface area (Å²) in [5.41, 5.74) is 1.85. The van der Waals surface area contributed by atoms with Crippen LogP contribution in [0.2, 0.25) is 0 Å². The summed E-state index contributed by atoms with van der Waals surface area (Å²) in [5.74, 6) is 1.47. The minimum absolute atomic E-state index is 0.0923. The average Bonchev–Trinajstić information content (AvgIpc) is 2.94. The maximum atomic E-state index is 12.1. The fraction of sp³-hybridized carbons (Fsp3) is 0.438. The van der Waals surface area contributed by atoms with Gasteiger partial charge in [0.05, 0.1) is 17.1 Å². The molecule has 0 aliphatic carbocycles. The van der Waals surface area contributed by atoms with E-state index in [1.54, 1.807) is 11.8 Å². The lowest BCUT2D eigenvalue weighted by atomic mass is 10.2. The molecule has 23 heavy (non-hydrogen) atoms. The number of thioether (sulfide) groups is 1. The molecule has 2 aromatic rings. The van der Waals surface area contributed by atoms with Gasteiger partial charge in [0.2, 0.25) is 11.8 Å². The van der Waals surface area contributed by atoms with Crippen LogP contribution in [-0.4, -0.2) is 40.3 Å². The highest BCUT2D eigenvalue weighted by Crippen LogP contribution is 2.20. The number of imidazole rings is 1. The lowest BCUT2D eigenvalue weighted by Crippen LogP contribution is -2.33. The highest BCUT2D eigenvalue weighted by atomic mass is 32.2. The second kappa shape index (κ2) is 8.57. The number of benzene rings is 1. The predicted octanol–water partition coefficient (Wildman–Crippen LogP) is 2.00. The molecule has 0 spiro atoms. The van der Waals surface area contributed by atoms with E-state index in [4.69, 9.17) is 0 Å². The maximum absolute atomic E-state index is 12.1. The van der Waals surface area contributed by atoms with E-state index in [1.165, 1.54) is 6.92 Å². The van der Waals surface area contributed by atoms with Gasteiger partial charge in [0.15, 0.2) is 0 Å². The number of nitrogens with one attached hydrogen (secondary N) is 3. The van der Waals surface area contributed by atoms with Crippen LogP contribution < -0.4 is 10.6 Å². The first-order chi connectivity index (χ1) is 11.1. The Morgan fingerprint density at radius 1 is 1.35 bits per heavy atom. The number of hydrogen-bond donors (Lipinski definition) is 3. The van der Waals surface area contributed by atoms with Gasteiger partial charge in [0, 0.05) is 19.9 Å². The molecule has 1 heterocycles. The van der Waals surface area contributed by atoms with Crippen molar-refractivity contribution in [2.24, 2.45) is 0 Å². The molecule has 0 radical (unpaired) electrons. The van der Waals surface area contributed by atoms with Crippen molar-refractivity contribution in [2.45, 2.75) is 25.8 Å². The maximum Gasteiger partial charge on any atom is 0.222 e. The zero-order valence-corrected chi connectivity index (χ0v) is 14.2. The van der Waals surface area contributed by atoms with Crippen LogP contribution in [0.4, 0.5) is 0 Å². The molecule has 0 saturated heterocycles. The van der Waals surface area contributed by atoms with Crippen molar-refractivity contribution in [3.63, 3.8) is 0 Å². The molecule has 7 heteroatoms. The quantitative estimate of drug-likeness (QED) is 0.689. The Morgan fingerprint density at radius 3 is 2.83 bits per heavy atom. The number of aromatic amines is 1. The summed E-state index contributed by atoms with van der Waals surface area (Å²) in [4.78, 5) is 30.8. The summed E-state index contributed by atoms with van der Waals surface area (Å²) in [6.45, 7) is 1.78. The van der Waals surface area contributed by atoms with Gasteiger partial charge in [-0.15, -0.1) is 0 Å². The molecule has 0 bridgehead atoms. The fourth-order valence-electron chi connectivity index (χ4n) is 2.27. The molecule has 1 aromatic carbocycles. The number of H-pyrrole nitrogens is 1. The molecular weight excluding hydrogens is 312 g/mol. The van der Waals surface area contributed by atoms with E-state index in [-0.39, 0.29) is 24.3 Å². The van der Waals surface area contributed by atoms with E-state index in [0.29, 0.717) is 6.54 Å². The summed E-state index contributed by atoms with van der Waals surface area (Å²) in [6, 6.07) is 7.65. The third-order valence-electron chi connectivity index (χ3n) is 3.41. The molecule has 1 aromatic heterocycles. The van der Waals surface area contributed by atoms with Gasteiger partial charge in [0.25, 0.3) is 0 Å². The van der Waals surface area contributed by atoms with E-state index in [9.17, 15) is 9.59 Å². The normalized spacial score (nSPS) is 12.1. The van der Waals surface area contributed by atoms with Crippen molar-refractivity contribution in [3.05, 3.63) is 30.1 Å². The van der Waals surface area contributed by atoms with Crippen LogP contribution in [0, 0.1) is 0 Å². The zero-order chi connectivity index (χ0) is 16.7. The summed E-state index contributed by atoms with van der Waals surface area (Å²) < 4.78 is 0. The molecule has 2 amide bonds. The topological polar surface area (TPSA) is 86.9 Å². The van der Waals surface area contributed by atoms with Crippen LogP contribution in [-0.2, 0) is 9.59 Å². The first-order valence-corrected chi connectivity index (χ1v) is 8.97. The summed E-state index contributed by atoms with van der Waals surface area (Å²) in [7, 11) is 0. The lowest BCUT2D eigenvalue weighted by molar-refractivity contribution is -0.122. The molecule has 6 nitrogen and oxygen atoms in total.